The van der Waals surface area contributed by atoms with Gasteiger partial charge < -0.3 is 24.1 Å². The maximum Gasteiger partial charge on any atom is 0.204 e. The summed E-state index contributed by atoms with van der Waals surface area (Å²) in [4.78, 5) is 13.5. The summed E-state index contributed by atoms with van der Waals surface area (Å²) in [6, 6.07) is 2.48. The van der Waals surface area contributed by atoms with Crippen molar-refractivity contribution in [1.29, 1.82) is 0 Å². The first kappa shape index (κ1) is 20.1. The molecule has 0 bridgehead atoms. The van der Waals surface area contributed by atoms with Gasteiger partial charge in [-0.1, -0.05) is 25.5 Å². The van der Waals surface area contributed by atoms with Gasteiger partial charge in [-0.3, -0.25) is 4.79 Å². The van der Waals surface area contributed by atoms with Crippen LogP contribution in [0.4, 0.5) is 0 Å². The quantitative estimate of drug-likeness (QED) is 0.361. The number of ether oxygens (including phenoxy) is 2. The third-order valence-corrected chi connectivity index (χ3v) is 6.09. The Kier molecular flexibility index (Phi) is 4.49. The molecule has 0 aliphatic carbocycles. The first-order chi connectivity index (χ1) is 14.1. The number of phenols is 2. The summed E-state index contributed by atoms with van der Waals surface area (Å²) in [5, 5.41) is 20.3. The van der Waals surface area contributed by atoms with Gasteiger partial charge in [0.05, 0.1) is 12.5 Å². The Morgan fingerprint density at radius 2 is 1.90 bits per heavy atom. The maximum atomic E-state index is 13.5. The van der Waals surface area contributed by atoms with Crippen LogP contribution in [0.5, 0.6) is 23.0 Å². The number of aromatic hydroxyl groups is 2. The van der Waals surface area contributed by atoms with E-state index in [-0.39, 0.29) is 39.4 Å². The third-order valence-electron chi connectivity index (χ3n) is 6.09. The number of hydrogen-bond acceptors (Lipinski definition) is 6. The molecule has 0 unspecified atom stereocenters. The number of allylic oxidation sites excluding steroid dienone is 2. The number of rotatable bonds is 3. The fourth-order valence-electron chi connectivity index (χ4n) is 4.07. The van der Waals surface area contributed by atoms with Crippen molar-refractivity contribution in [3.05, 3.63) is 45.1 Å². The molecule has 1 atom stereocenters. The van der Waals surface area contributed by atoms with E-state index in [2.05, 4.69) is 19.9 Å². The lowest BCUT2D eigenvalue weighted by molar-refractivity contribution is 0.186. The van der Waals surface area contributed by atoms with Crippen LogP contribution in [-0.4, -0.2) is 23.4 Å². The van der Waals surface area contributed by atoms with E-state index in [1.54, 1.807) is 7.11 Å². The standard InChI is InChI=1S/C24H26O6/c1-11(2)7-8-13-21-18(20(27)14-9-15(25)16(26)10-17(14)30-21)23-19(22(13)28-6)24(4,5)12(3)29-23/h7,9-10,12,25-26H,8H2,1-6H3/t12-/m0/s1. The van der Waals surface area contributed by atoms with Gasteiger partial charge in [0.1, 0.15) is 34.2 Å². The number of hydrogen-bond donors (Lipinski definition) is 2. The number of methoxy groups -OCH3 is 1. The van der Waals surface area contributed by atoms with Gasteiger partial charge in [0.15, 0.2) is 11.5 Å². The molecule has 6 nitrogen and oxygen atoms in total. The van der Waals surface area contributed by atoms with Gasteiger partial charge >= 0.3 is 0 Å². The Morgan fingerprint density at radius 1 is 1.23 bits per heavy atom. The molecular weight excluding hydrogens is 384 g/mol. The van der Waals surface area contributed by atoms with Crippen molar-refractivity contribution in [3.63, 3.8) is 0 Å². The highest BCUT2D eigenvalue weighted by atomic mass is 16.5. The van der Waals surface area contributed by atoms with Crippen molar-refractivity contribution in [2.45, 2.75) is 52.6 Å². The first-order valence-corrected chi connectivity index (χ1v) is 9.93. The third kappa shape index (κ3) is 2.74. The zero-order valence-electron chi connectivity index (χ0n) is 18.0. The minimum absolute atomic E-state index is 0.174. The molecule has 0 fully saturated rings. The molecular formula is C24H26O6. The highest BCUT2D eigenvalue weighted by Gasteiger charge is 2.44. The lowest BCUT2D eigenvalue weighted by atomic mass is 9.79. The second kappa shape index (κ2) is 6.69. The molecule has 30 heavy (non-hydrogen) atoms. The number of fused-ring (bicyclic) bond motifs is 4. The summed E-state index contributed by atoms with van der Waals surface area (Å²) < 4.78 is 18.2. The fraction of sp³-hybridized carbons (Fsp3) is 0.375. The van der Waals surface area contributed by atoms with Crippen LogP contribution in [0.1, 0.15) is 45.7 Å². The number of benzene rings is 2. The van der Waals surface area contributed by atoms with Crippen LogP contribution in [-0.2, 0) is 11.8 Å². The lowest BCUT2D eigenvalue weighted by Gasteiger charge is -2.24. The monoisotopic (exact) mass is 410 g/mol. The summed E-state index contributed by atoms with van der Waals surface area (Å²) in [5.74, 6) is 0.382. The van der Waals surface area contributed by atoms with Crippen molar-refractivity contribution >= 4 is 21.9 Å². The maximum absolute atomic E-state index is 13.5. The summed E-state index contributed by atoms with van der Waals surface area (Å²) in [6.45, 7) is 10.1. The van der Waals surface area contributed by atoms with Crippen LogP contribution in [0, 0.1) is 0 Å². The van der Waals surface area contributed by atoms with Gasteiger partial charge in [-0.05, 0) is 33.3 Å². The largest absolute Gasteiger partial charge is 0.504 e. The highest BCUT2D eigenvalue weighted by molar-refractivity contribution is 5.99. The van der Waals surface area contributed by atoms with Gasteiger partial charge in [0, 0.05) is 22.6 Å². The van der Waals surface area contributed by atoms with E-state index in [0.717, 1.165) is 16.7 Å². The molecule has 1 aliphatic heterocycles. The predicted molar refractivity (Wildman–Crippen MR) is 116 cm³/mol. The van der Waals surface area contributed by atoms with Crippen molar-refractivity contribution < 1.29 is 24.1 Å². The fourth-order valence-corrected chi connectivity index (χ4v) is 4.07. The highest BCUT2D eigenvalue weighted by Crippen LogP contribution is 2.53. The molecule has 4 rings (SSSR count). The SMILES string of the molecule is COc1c2c(c3c(=O)c4cc(O)c(O)cc4oc3c1CC=C(C)C)O[C@@H](C)C2(C)C. The van der Waals surface area contributed by atoms with Crippen molar-refractivity contribution in [2.75, 3.05) is 7.11 Å². The van der Waals surface area contributed by atoms with Crippen molar-refractivity contribution in [2.24, 2.45) is 0 Å². The van der Waals surface area contributed by atoms with Crippen LogP contribution < -0.4 is 14.9 Å². The lowest BCUT2D eigenvalue weighted by Crippen LogP contribution is -2.29. The Bertz CT molecular complexity index is 1280. The average Bonchev–Trinajstić information content (AvgIpc) is 2.90. The van der Waals surface area contributed by atoms with Gasteiger partial charge in [0.25, 0.3) is 0 Å². The Morgan fingerprint density at radius 3 is 2.53 bits per heavy atom. The molecule has 0 radical (unpaired) electrons. The van der Waals surface area contributed by atoms with E-state index in [0.29, 0.717) is 28.9 Å². The molecule has 0 spiro atoms. The second-order valence-electron chi connectivity index (χ2n) is 8.66. The summed E-state index contributed by atoms with van der Waals surface area (Å²) in [7, 11) is 1.61. The molecule has 2 heterocycles. The van der Waals surface area contributed by atoms with Gasteiger partial charge in [-0.25, -0.2) is 0 Å². The first-order valence-electron chi connectivity index (χ1n) is 9.93. The molecule has 158 valence electrons. The van der Waals surface area contributed by atoms with Crippen LogP contribution in [0.25, 0.3) is 21.9 Å². The Labute approximate surface area is 174 Å². The van der Waals surface area contributed by atoms with Gasteiger partial charge in [-0.15, -0.1) is 0 Å². The van der Waals surface area contributed by atoms with E-state index in [1.165, 1.54) is 12.1 Å². The van der Waals surface area contributed by atoms with Gasteiger partial charge in [-0.2, -0.15) is 0 Å². The minimum atomic E-state index is -0.382. The van der Waals surface area contributed by atoms with Crippen LogP contribution in [0.2, 0.25) is 0 Å². The van der Waals surface area contributed by atoms with E-state index in [9.17, 15) is 15.0 Å². The molecule has 0 saturated carbocycles. The van der Waals surface area contributed by atoms with Crippen LogP contribution >= 0.6 is 0 Å². The summed E-state index contributed by atoms with van der Waals surface area (Å²) in [6.07, 6.45) is 2.39. The molecule has 2 aromatic carbocycles. The topological polar surface area (TPSA) is 89.1 Å². The zero-order valence-corrected chi connectivity index (χ0v) is 18.0. The smallest absolute Gasteiger partial charge is 0.204 e. The Balaban J connectivity index is 2.25. The molecule has 3 aromatic rings. The van der Waals surface area contributed by atoms with Gasteiger partial charge in [0.2, 0.25) is 5.43 Å². The minimum Gasteiger partial charge on any atom is -0.504 e. The zero-order chi connectivity index (χ0) is 22.0. The van der Waals surface area contributed by atoms with E-state index in [1.807, 2.05) is 20.8 Å². The van der Waals surface area contributed by atoms with Crippen LogP contribution in [0.3, 0.4) is 0 Å². The number of phenolic OH excluding ortho intramolecular Hbond substituents is 2. The second-order valence-corrected chi connectivity index (χ2v) is 8.66. The normalized spacial score (nSPS) is 17.1. The van der Waals surface area contributed by atoms with E-state index < -0.39 is 0 Å². The molecule has 0 amide bonds. The molecule has 1 aliphatic rings. The predicted octanol–water partition coefficient (Wildman–Crippen LogP) is 4.93. The average molecular weight is 410 g/mol. The molecule has 2 N–H and O–H groups in total. The molecule has 1 aromatic heterocycles. The van der Waals surface area contributed by atoms with E-state index in [4.69, 9.17) is 13.9 Å². The summed E-state index contributed by atoms with van der Waals surface area (Å²) in [5.41, 5.74) is 2.59. The molecule has 0 saturated heterocycles. The van der Waals surface area contributed by atoms with Crippen LogP contribution in [0.15, 0.2) is 33.0 Å². The summed E-state index contributed by atoms with van der Waals surface area (Å²) >= 11 is 0. The Hall–Kier alpha value is -3.15. The van der Waals surface area contributed by atoms with Crippen molar-refractivity contribution in [1.82, 2.24) is 0 Å². The van der Waals surface area contributed by atoms with Crippen molar-refractivity contribution in [3.8, 4) is 23.0 Å². The molecule has 6 heteroatoms. The van der Waals surface area contributed by atoms with E-state index >= 15 is 0 Å².